The minimum atomic E-state index is -0.193. The molecule has 0 bridgehead atoms. The van der Waals surface area contributed by atoms with Crippen LogP contribution in [-0.2, 0) is 4.79 Å². The van der Waals surface area contributed by atoms with Gasteiger partial charge in [-0.1, -0.05) is 44.4 Å². The highest BCUT2D eigenvalue weighted by atomic mass is 16.5. The maximum absolute atomic E-state index is 12.0. The molecule has 1 N–H and O–H groups in total. The molecule has 0 atom stereocenters. The Kier molecular flexibility index (Phi) is 4.52. The van der Waals surface area contributed by atoms with Crippen LogP contribution in [0.2, 0.25) is 0 Å². The molecule has 0 aliphatic heterocycles. The van der Waals surface area contributed by atoms with Gasteiger partial charge in [0, 0.05) is 23.4 Å². The van der Waals surface area contributed by atoms with Crippen molar-refractivity contribution in [1.82, 2.24) is 15.0 Å². The molecule has 5 nitrogen and oxygen atoms in total. The number of carbonyl (C=O) groups excluding carboxylic acids is 1. The molecule has 2 aromatic carbocycles. The SMILES string of the molecule is CCCCCCC(=O)Oc1ccc2nc3[nH]c4ccccc4c3nc2c1. The zero-order valence-corrected chi connectivity index (χ0v) is 14.8. The van der Waals surface area contributed by atoms with Gasteiger partial charge in [-0.25, -0.2) is 9.97 Å². The molecule has 5 heteroatoms. The van der Waals surface area contributed by atoms with Gasteiger partial charge >= 0.3 is 5.97 Å². The second-order valence-electron chi connectivity index (χ2n) is 6.53. The van der Waals surface area contributed by atoms with Gasteiger partial charge in [0.25, 0.3) is 0 Å². The molecule has 0 fully saturated rings. The number of H-pyrrole nitrogens is 1. The van der Waals surface area contributed by atoms with E-state index in [9.17, 15) is 4.79 Å². The van der Waals surface area contributed by atoms with Crippen molar-refractivity contribution in [3.8, 4) is 5.75 Å². The third kappa shape index (κ3) is 3.25. The minimum absolute atomic E-state index is 0.193. The third-order valence-corrected chi connectivity index (χ3v) is 4.54. The normalized spacial score (nSPS) is 11.4. The standard InChI is InChI=1S/C21H21N3O2/c1-2-3-4-5-10-19(25)26-14-11-12-17-18(13-14)22-20-15-8-6-7-9-16(15)23-21(20)24-17/h6-9,11-13H,2-5,10H2,1H3,(H,23,24). The van der Waals surface area contributed by atoms with Gasteiger partial charge in [-0.05, 0) is 24.6 Å². The number of nitrogens with one attached hydrogen (secondary N) is 1. The second kappa shape index (κ2) is 7.12. The topological polar surface area (TPSA) is 67.9 Å². The van der Waals surface area contributed by atoms with E-state index in [0.717, 1.165) is 58.8 Å². The van der Waals surface area contributed by atoms with Crippen LogP contribution in [0.3, 0.4) is 0 Å². The Morgan fingerprint density at radius 1 is 1.04 bits per heavy atom. The number of unbranched alkanes of at least 4 members (excludes halogenated alkanes) is 3. The summed E-state index contributed by atoms with van der Waals surface area (Å²) in [5.41, 5.74) is 4.09. The first-order chi connectivity index (χ1) is 12.7. The van der Waals surface area contributed by atoms with E-state index < -0.39 is 0 Å². The van der Waals surface area contributed by atoms with Crippen molar-refractivity contribution in [3.05, 3.63) is 42.5 Å². The van der Waals surface area contributed by atoms with Crippen LogP contribution < -0.4 is 4.74 Å². The number of benzene rings is 2. The monoisotopic (exact) mass is 347 g/mol. The van der Waals surface area contributed by atoms with Crippen LogP contribution in [0.5, 0.6) is 5.75 Å². The van der Waals surface area contributed by atoms with Crippen LogP contribution in [0.15, 0.2) is 42.5 Å². The van der Waals surface area contributed by atoms with Crippen molar-refractivity contribution in [1.29, 1.82) is 0 Å². The number of rotatable bonds is 6. The zero-order valence-electron chi connectivity index (χ0n) is 14.8. The highest BCUT2D eigenvalue weighted by Crippen LogP contribution is 2.26. The Labute approximate surface area is 151 Å². The van der Waals surface area contributed by atoms with Crippen molar-refractivity contribution in [3.63, 3.8) is 0 Å². The van der Waals surface area contributed by atoms with Gasteiger partial charge in [0.2, 0.25) is 0 Å². The zero-order chi connectivity index (χ0) is 17.9. The number of para-hydroxylation sites is 1. The van der Waals surface area contributed by atoms with E-state index in [1.165, 1.54) is 0 Å². The molecule has 132 valence electrons. The van der Waals surface area contributed by atoms with Crippen molar-refractivity contribution < 1.29 is 9.53 Å². The second-order valence-corrected chi connectivity index (χ2v) is 6.53. The molecule has 2 heterocycles. The van der Waals surface area contributed by atoms with Gasteiger partial charge in [-0.3, -0.25) is 4.79 Å². The van der Waals surface area contributed by atoms with E-state index in [1.54, 1.807) is 12.1 Å². The molecule has 0 saturated heterocycles. The van der Waals surface area contributed by atoms with Crippen molar-refractivity contribution >= 4 is 39.1 Å². The molecule has 0 radical (unpaired) electrons. The Balaban J connectivity index is 1.60. The number of hydrogen-bond acceptors (Lipinski definition) is 4. The van der Waals surface area contributed by atoms with E-state index in [-0.39, 0.29) is 5.97 Å². The molecule has 4 aromatic rings. The number of esters is 1. The largest absolute Gasteiger partial charge is 0.426 e. The van der Waals surface area contributed by atoms with E-state index >= 15 is 0 Å². The fraction of sp³-hybridized carbons (Fsp3) is 0.286. The van der Waals surface area contributed by atoms with Gasteiger partial charge in [0.05, 0.1) is 11.0 Å². The number of hydrogen-bond donors (Lipinski definition) is 1. The van der Waals surface area contributed by atoms with Crippen LogP contribution >= 0.6 is 0 Å². The molecule has 2 aromatic heterocycles. The van der Waals surface area contributed by atoms with Crippen molar-refractivity contribution in [2.24, 2.45) is 0 Å². The maximum Gasteiger partial charge on any atom is 0.311 e. The maximum atomic E-state index is 12.0. The number of carbonyl (C=O) groups is 1. The number of nitrogens with zero attached hydrogens (tertiary/aromatic N) is 2. The quantitative estimate of drug-likeness (QED) is 0.298. The van der Waals surface area contributed by atoms with Gasteiger partial charge in [-0.2, -0.15) is 0 Å². The van der Waals surface area contributed by atoms with Crippen molar-refractivity contribution in [2.75, 3.05) is 0 Å². The summed E-state index contributed by atoms with van der Waals surface area (Å²) < 4.78 is 5.47. The van der Waals surface area contributed by atoms with Crippen LogP contribution in [0.25, 0.3) is 33.1 Å². The Morgan fingerprint density at radius 3 is 2.81 bits per heavy atom. The van der Waals surface area contributed by atoms with Gasteiger partial charge in [0.1, 0.15) is 11.3 Å². The molecular weight excluding hydrogens is 326 g/mol. The third-order valence-electron chi connectivity index (χ3n) is 4.54. The summed E-state index contributed by atoms with van der Waals surface area (Å²) in [5.74, 6) is 0.327. The lowest BCUT2D eigenvalue weighted by Gasteiger charge is -2.05. The average molecular weight is 347 g/mol. The first-order valence-electron chi connectivity index (χ1n) is 9.13. The van der Waals surface area contributed by atoms with Crippen LogP contribution in [-0.4, -0.2) is 20.9 Å². The van der Waals surface area contributed by atoms with Gasteiger partial charge in [-0.15, -0.1) is 0 Å². The molecule has 0 spiro atoms. The number of ether oxygens (including phenoxy) is 1. The summed E-state index contributed by atoms with van der Waals surface area (Å²) in [4.78, 5) is 24.7. The number of fused-ring (bicyclic) bond motifs is 4. The predicted octanol–water partition coefficient (Wildman–Crippen LogP) is 5.14. The highest BCUT2D eigenvalue weighted by Gasteiger charge is 2.10. The lowest BCUT2D eigenvalue weighted by Crippen LogP contribution is -2.07. The molecule has 0 aliphatic rings. The fourth-order valence-electron chi connectivity index (χ4n) is 3.18. The molecule has 4 rings (SSSR count). The van der Waals surface area contributed by atoms with Gasteiger partial charge < -0.3 is 9.72 Å². The van der Waals surface area contributed by atoms with Gasteiger partial charge in [0.15, 0.2) is 5.65 Å². The number of aromatic amines is 1. The summed E-state index contributed by atoms with van der Waals surface area (Å²) in [6.45, 7) is 2.15. The van der Waals surface area contributed by atoms with Crippen molar-refractivity contribution in [2.45, 2.75) is 39.0 Å². The molecular formula is C21H21N3O2. The highest BCUT2D eigenvalue weighted by molar-refractivity contribution is 6.05. The lowest BCUT2D eigenvalue weighted by atomic mass is 10.1. The fourth-order valence-corrected chi connectivity index (χ4v) is 3.18. The Morgan fingerprint density at radius 2 is 1.92 bits per heavy atom. The Bertz CT molecular complexity index is 1080. The minimum Gasteiger partial charge on any atom is -0.426 e. The van der Waals surface area contributed by atoms with Crippen LogP contribution in [0.1, 0.15) is 39.0 Å². The van der Waals surface area contributed by atoms with E-state index in [2.05, 4.69) is 16.9 Å². The average Bonchev–Trinajstić information content (AvgIpc) is 3.01. The smallest absolute Gasteiger partial charge is 0.311 e. The predicted molar refractivity (Wildman–Crippen MR) is 103 cm³/mol. The summed E-state index contributed by atoms with van der Waals surface area (Å²) in [7, 11) is 0. The van der Waals surface area contributed by atoms with E-state index in [1.807, 2.05) is 30.3 Å². The summed E-state index contributed by atoms with van der Waals surface area (Å²) in [6.07, 6.45) is 4.69. The summed E-state index contributed by atoms with van der Waals surface area (Å²) >= 11 is 0. The summed E-state index contributed by atoms with van der Waals surface area (Å²) in [6, 6.07) is 13.4. The van der Waals surface area contributed by atoms with Crippen LogP contribution in [0, 0.1) is 0 Å². The van der Waals surface area contributed by atoms with E-state index in [0.29, 0.717) is 12.2 Å². The van der Waals surface area contributed by atoms with E-state index in [4.69, 9.17) is 9.72 Å². The molecule has 0 amide bonds. The number of aromatic nitrogens is 3. The molecule has 0 aliphatic carbocycles. The van der Waals surface area contributed by atoms with Crippen LogP contribution in [0.4, 0.5) is 0 Å². The molecule has 0 unspecified atom stereocenters. The Hall–Kier alpha value is -2.95. The summed E-state index contributed by atoms with van der Waals surface area (Å²) in [5, 5.41) is 1.04. The lowest BCUT2D eigenvalue weighted by molar-refractivity contribution is -0.134. The first-order valence-corrected chi connectivity index (χ1v) is 9.13. The molecule has 0 saturated carbocycles. The first kappa shape index (κ1) is 16.5. The molecule has 26 heavy (non-hydrogen) atoms.